The van der Waals surface area contributed by atoms with Gasteiger partial charge in [-0.1, -0.05) is 17.7 Å². The number of benzene rings is 1. The van der Waals surface area contributed by atoms with Crippen molar-refractivity contribution in [2.24, 2.45) is 0 Å². The van der Waals surface area contributed by atoms with Gasteiger partial charge in [0.15, 0.2) is 0 Å². The first-order valence-electron chi connectivity index (χ1n) is 6.23. The number of anilines is 2. The molecule has 0 saturated carbocycles. The molecular formula is C15H16ClN3O. The van der Waals surface area contributed by atoms with Crippen molar-refractivity contribution in [3.63, 3.8) is 0 Å². The zero-order valence-electron chi connectivity index (χ0n) is 11.6. The molecule has 5 heteroatoms. The average molecular weight is 290 g/mol. The van der Waals surface area contributed by atoms with E-state index >= 15 is 0 Å². The molecule has 0 aliphatic heterocycles. The van der Waals surface area contributed by atoms with E-state index in [1.165, 1.54) is 0 Å². The standard InChI is InChI=1S/C15H16ClN3O/c1-9-4-5-12(8-13(9)16)19-15(20)11-6-10(2)18-14(7-11)17-3/h4-8H,1-3H3,(H,17,18)(H,19,20). The number of rotatable bonds is 3. The molecule has 0 bridgehead atoms. The molecule has 2 aromatic rings. The van der Waals surface area contributed by atoms with Gasteiger partial charge < -0.3 is 10.6 Å². The highest BCUT2D eigenvalue weighted by Gasteiger charge is 2.09. The predicted molar refractivity (Wildman–Crippen MR) is 82.7 cm³/mol. The lowest BCUT2D eigenvalue weighted by Crippen LogP contribution is -2.13. The van der Waals surface area contributed by atoms with Crippen LogP contribution in [0.15, 0.2) is 30.3 Å². The SMILES string of the molecule is CNc1cc(C(=O)Nc2ccc(C)c(Cl)c2)cc(C)n1. The number of halogens is 1. The number of nitrogens with zero attached hydrogens (tertiary/aromatic N) is 1. The number of hydrogen-bond donors (Lipinski definition) is 2. The number of aromatic nitrogens is 1. The summed E-state index contributed by atoms with van der Waals surface area (Å²) in [6.07, 6.45) is 0. The van der Waals surface area contributed by atoms with E-state index in [2.05, 4.69) is 15.6 Å². The van der Waals surface area contributed by atoms with Crippen molar-refractivity contribution in [1.82, 2.24) is 4.98 Å². The fourth-order valence-corrected chi connectivity index (χ4v) is 1.98. The lowest BCUT2D eigenvalue weighted by Gasteiger charge is -2.09. The van der Waals surface area contributed by atoms with Crippen molar-refractivity contribution < 1.29 is 4.79 Å². The quantitative estimate of drug-likeness (QED) is 0.907. The summed E-state index contributed by atoms with van der Waals surface area (Å²) in [7, 11) is 1.77. The first-order chi connectivity index (χ1) is 9.49. The minimum absolute atomic E-state index is 0.188. The van der Waals surface area contributed by atoms with Gasteiger partial charge >= 0.3 is 0 Å². The first kappa shape index (κ1) is 14.3. The van der Waals surface area contributed by atoms with E-state index in [-0.39, 0.29) is 5.91 Å². The molecule has 0 aliphatic carbocycles. The van der Waals surface area contributed by atoms with E-state index < -0.39 is 0 Å². The smallest absolute Gasteiger partial charge is 0.255 e. The Labute approximate surface area is 123 Å². The van der Waals surface area contributed by atoms with Crippen LogP contribution < -0.4 is 10.6 Å². The second-order valence-electron chi connectivity index (χ2n) is 4.55. The van der Waals surface area contributed by atoms with Crippen molar-refractivity contribution in [3.05, 3.63) is 52.2 Å². The Balaban J connectivity index is 2.23. The summed E-state index contributed by atoms with van der Waals surface area (Å²) < 4.78 is 0. The van der Waals surface area contributed by atoms with Crippen LogP contribution in [0.5, 0.6) is 0 Å². The zero-order valence-corrected chi connectivity index (χ0v) is 12.4. The number of hydrogen-bond acceptors (Lipinski definition) is 3. The topological polar surface area (TPSA) is 54.0 Å². The maximum Gasteiger partial charge on any atom is 0.255 e. The van der Waals surface area contributed by atoms with E-state index in [1.807, 2.05) is 26.0 Å². The van der Waals surface area contributed by atoms with Gasteiger partial charge in [0.05, 0.1) is 0 Å². The number of pyridine rings is 1. The van der Waals surface area contributed by atoms with Crippen LogP contribution in [-0.4, -0.2) is 17.9 Å². The molecule has 4 nitrogen and oxygen atoms in total. The summed E-state index contributed by atoms with van der Waals surface area (Å²) in [5.74, 6) is 0.476. The van der Waals surface area contributed by atoms with Gasteiger partial charge in [-0.2, -0.15) is 0 Å². The van der Waals surface area contributed by atoms with Crippen molar-refractivity contribution in [1.29, 1.82) is 0 Å². The first-order valence-corrected chi connectivity index (χ1v) is 6.61. The van der Waals surface area contributed by atoms with Crippen molar-refractivity contribution in [2.45, 2.75) is 13.8 Å². The zero-order chi connectivity index (χ0) is 14.7. The molecule has 0 radical (unpaired) electrons. The average Bonchev–Trinajstić information content (AvgIpc) is 2.42. The predicted octanol–water partition coefficient (Wildman–Crippen LogP) is 3.65. The number of nitrogens with one attached hydrogen (secondary N) is 2. The van der Waals surface area contributed by atoms with E-state index in [0.717, 1.165) is 11.3 Å². The summed E-state index contributed by atoms with van der Waals surface area (Å²) in [6.45, 7) is 3.76. The van der Waals surface area contributed by atoms with Crippen LogP contribution in [0.1, 0.15) is 21.6 Å². The second kappa shape index (κ2) is 5.92. The molecule has 2 rings (SSSR count). The normalized spacial score (nSPS) is 10.2. The molecular weight excluding hydrogens is 274 g/mol. The van der Waals surface area contributed by atoms with E-state index in [1.54, 1.807) is 25.2 Å². The van der Waals surface area contributed by atoms with Gasteiger partial charge in [0.1, 0.15) is 5.82 Å². The molecule has 2 N–H and O–H groups in total. The molecule has 1 amide bonds. The Kier molecular flexibility index (Phi) is 4.25. The van der Waals surface area contributed by atoms with E-state index in [9.17, 15) is 4.79 Å². The minimum atomic E-state index is -0.188. The van der Waals surface area contributed by atoms with Crippen LogP contribution in [0.4, 0.5) is 11.5 Å². The van der Waals surface area contributed by atoms with Crippen LogP contribution in [0.3, 0.4) is 0 Å². The summed E-state index contributed by atoms with van der Waals surface area (Å²) in [5.41, 5.74) is 2.98. The van der Waals surface area contributed by atoms with E-state index in [0.29, 0.717) is 22.1 Å². The lowest BCUT2D eigenvalue weighted by atomic mass is 10.2. The minimum Gasteiger partial charge on any atom is -0.373 e. The molecule has 0 atom stereocenters. The number of aryl methyl sites for hydroxylation is 2. The van der Waals surface area contributed by atoms with Gasteiger partial charge in [-0.05, 0) is 43.7 Å². The third-order valence-corrected chi connectivity index (χ3v) is 3.31. The highest BCUT2D eigenvalue weighted by Crippen LogP contribution is 2.21. The van der Waals surface area contributed by atoms with Crippen molar-refractivity contribution in [2.75, 3.05) is 17.7 Å². The highest BCUT2D eigenvalue weighted by atomic mass is 35.5. The van der Waals surface area contributed by atoms with Gasteiger partial charge in [0.25, 0.3) is 5.91 Å². The fraction of sp³-hybridized carbons (Fsp3) is 0.200. The van der Waals surface area contributed by atoms with Gasteiger partial charge in [-0.15, -0.1) is 0 Å². The Morgan fingerprint density at radius 1 is 1.20 bits per heavy atom. The number of amides is 1. The monoisotopic (exact) mass is 289 g/mol. The van der Waals surface area contributed by atoms with Crippen LogP contribution in [-0.2, 0) is 0 Å². The highest BCUT2D eigenvalue weighted by molar-refractivity contribution is 6.31. The third-order valence-electron chi connectivity index (χ3n) is 2.90. The maximum atomic E-state index is 12.2. The Hall–Kier alpha value is -2.07. The van der Waals surface area contributed by atoms with Gasteiger partial charge in [0, 0.05) is 29.0 Å². The van der Waals surface area contributed by atoms with Crippen LogP contribution in [0.2, 0.25) is 5.02 Å². The van der Waals surface area contributed by atoms with Crippen LogP contribution >= 0.6 is 11.6 Å². The molecule has 0 spiro atoms. The summed E-state index contributed by atoms with van der Waals surface area (Å²) in [4.78, 5) is 16.5. The van der Waals surface area contributed by atoms with Crippen molar-refractivity contribution >= 4 is 29.0 Å². The van der Waals surface area contributed by atoms with E-state index in [4.69, 9.17) is 11.6 Å². The molecule has 1 aromatic heterocycles. The molecule has 0 unspecified atom stereocenters. The molecule has 0 saturated heterocycles. The van der Waals surface area contributed by atoms with Crippen LogP contribution in [0.25, 0.3) is 0 Å². The van der Waals surface area contributed by atoms with Crippen molar-refractivity contribution in [3.8, 4) is 0 Å². The summed E-state index contributed by atoms with van der Waals surface area (Å²) in [5, 5.41) is 6.39. The molecule has 0 aliphatic rings. The second-order valence-corrected chi connectivity index (χ2v) is 4.96. The number of carbonyl (C=O) groups excluding carboxylic acids is 1. The molecule has 1 heterocycles. The lowest BCUT2D eigenvalue weighted by molar-refractivity contribution is 0.102. The Morgan fingerprint density at radius 3 is 2.60 bits per heavy atom. The molecule has 1 aromatic carbocycles. The maximum absolute atomic E-state index is 12.2. The number of carbonyl (C=O) groups is 1. The fourth-order valence-electron chi connectivity index (χ4n) is 1.80. The summed E-state index contributed by atoms with van der Waals surface area (Å²) in [6, 6.07) is 8.88. The Morgan fingerprint density at radius 2 is 1.95 bits per heavy atom. The van der Waals surface area contributed by atoms with Gasteiger partial charge in [-0.3, -0.25) is 4.79 Å². The Bertz CT molecular complexity index is 656. The molecule has 20 heavy (non-hydrogen) atoms. The molecule has 0 fully saturated rings. The largest absolute Gasteiger partial charge is 0.373 e. The van der Waals surface area contributed by atoms with Gasteiger partial charge in [0.2, 0.25) is 0 Å². The molecule has 104 valence electrons. The van der Waals surface area contributed by atoms with Crippen LogP contribution in [0, 0.1) is 13.8 Å². The summed E-state index contributed by atoms with van der Waals surface area (Å²) >= 11 is 6.04. The third kappa shape index (κ3) is 3.27. The van der Waals surface area contributed by atoms with Gasteiger partial charge in [-0.25, -0.2) is 4.98 Å².